The fourth-order valence-electron chi connectivity index (χ4n) is 3.29. The SMILES string of the molecule is COC12OC(=O)N(Cc3ccccc3)C1CC=C(c1ccccc1)O2. The molecule has 0 radical (unpaired) electrons. The van der Waals surface area contributed by atoms with Gasteiger partial charge < -0.3 is 14.2 Å². The number of rotatable bonds is 4. The van der Waals surface area contributed by atoms with Gasteiger partial charge in [0.05, 0.1) is 0 Å². The Morgan fingerprint density at radius 2 is 1.76 bits per heavy atom. The van der Waals surface area contributed by atoms with E-state index in [1.54, 1.807) is 4.90 Å². The van der Waals surface area contributed by atoms with E-state index in [0.717, 1.165) is 11.1 Å². The van der Waals surface area contributed by atoms with E-state index in [2.05, 4.69) is 0 Å². The number of carbonyl (C=O) groups is 1. The minimum Gasteiger partial charge on any atom is -0.428 e. The molecule has 5 heteroatoms. The summed E-state index contributed by atoms with van der Waals surface area (Å²) in [6.45, 7) is 0.452. The maximum atomic E-state index is 12.5. The van der Waals surface area contributed by atoms with Gasteiger partial charge in [0, 0.05) is 25.6 Å². The lowest BCUT2D eigenvalue weighted by Crippen LogP contribution is -2.50. The molecule has 2 aliphatic rings. The van der Waals surface area contributed by atoms with Gasteiger partial charge in [-0.25, -0.2) is 4.79 Å². The lowest BCUT2D eigenvalue weighted by molar-refractivity contribution is -0.317. The standard InChI is InChI=1S/C20H19NO4/c1-23-20-18(13-12-17(24-20)16-10-6-3-7-11-16)21(19(22)25-20)14-15-8-4-2-5-9-15/h2-12,18H,13-14H2,1H3. The highest BCUT2D eigenvalue weighted by Gasteiger charge is 2.59. The van der Waals surface area contributed by atoms with Crippen LogP contribution < -0.4 is 0 Å². The first-order valence-corrected chi connectivity index (χ1v) is 8.25. The quantitative estimate of drug-likeness (QED) is 0.852. The van der Waals surface area contributed by atoms with E-state index in [-0.39, 0.29) is 6.04 Å². The summed E-state index contributed by atoms with van der Waals surface area (Å²) in [5.74, 6) is -0.751. The van der Waals surface area contributed by atoms with Gasteiger partial charge in [-0.2, -0.15) is 0 Å². The number of carbonyl (C=O) groups excluding carboxylic acids is 1. The number of hydrogen-bond donors (Lipinski definition) is 0. The third-order valence-electron chi connectivity index (χ3n) is 4.57. The van der Waals surface area contributed by atoms with Gasteiger partial charge in [0.25, 0.3) is 0 Å². The van der Waals surface area contributed by atoms with Crippen molar-refractivity contribution in [2.45, 2.75) is 25.0 Å². The number of amides is 1. The van der Waals surface area contributed by atoms with Crippen molar-refractivity contribution in [3.05, 3.63) is 77.9 Å². The number of fused-ring (bicyclic) bond motifs is 1. The smallest absolute Gasteiger partial charge is 0.415 e. The Kier molecular flexibility index (Phi) is 3.93. The molecular weight excluding hydrogens is 318 g/mol. The number of ether oxygens (including phenoxy) is 3. The lowest BCUT2D eigenvalue weighted by Gasteiger charge is -2.36. The molecule has 0 saturated carbocycles. The zero-order valence-corrected chi connectivity index (χ0v) is 13.9. The van der Waals surface area contributed by atoms with Crippen LogP contribution in [0.2, 0.25) is 0 Å². The molecule has 5 nitrogen and oxygen atoms in total. The Balaban J connectivity index is 1.62. The molecule has 0 aliphatic carbocycles. The summed E-state index contributed by atoms with van der Waals surface area (Å²) in [5.41, 5.74) is 1.96. The van der Waals surface area contributed by atoms with Gasteiger partial charge in [-0.15, -0.1) is 0 Å². The largest absolute Gasteiger partial charge is 0.428 e. The first-order chi connectivity index (χ1) is 12.2. The van der Waals surface area contributed by atoms with Crippen molar-refractivity contribution in [2.24, 2.45) is 0 Å². The van der Waals surface area contributed by atoms with Gasteiger partial charge in [0.15, 0.2) is 0 Å². The molecule has 1 fully saturated rings. The summed E-state index contributed by atoms with van der Waals surface area (Å²) in [5, 5.41) is 0. The van der Waals surface area contributed by atoms with E-state index in [9.17, 15) is 4.79 Å². The van der Waals surface area contributed by atoms with Crippen molar-refractivity contribution in [1.82, 2.24) is 4.90 Å². The van der Waals surface area contributed by atoms with Crippen molar-refractivity contribution in [3.63, 3.8) is 0 Å². The molecule has 2 aromatic rings. The molecule has 1 amide bonds. The second kappa shape index (κ2) is 6.26. The van der Waals surface area contributed by atoms with Crippen LogP contribution in [0.15, 0.2) is 66.7 Å². The van der Waals surface area contributed by atoms with Crippen LogP contribution in [-0.2, 0) is 20.8 Å². The molecule has 128 valence electrons. The second-order valence-electron chi connectivity index (χ2n) is 6.08. The van der Waals surface area contributed by atoms with E-state index in [0.29, 0.717) is 18.7 Å². The van der Waals surface area contributed by atoms with Gasteiger partial charge in [-0.1, -0.05) is 60.7 Å². The van der Waals surface area contributed by atoms with Crippen LogP contribution in [0.25, 0.3) is 5.76 Å². The average molecular weight is 337 g/mol. The molecule has 1 saturated heterocycles. The van der Waals surface area contributed by atoms with Crippen molar-refractivity contribution >= 4 is 11.9 Å². The van der Waals surface area contributed by atoms with E-state index in [1.807, 2.05) is 66.7 Å². The zero-order valence-electron chi connectivity index (χ0n) is 13.9. The van der Waals surface area contributed by atoms with Crippen LogP contribution in [0, 0.1) is 0 Å². The first kappa shape index (κ1) is 15.7. The Hall–Kier alpha value is -2.79. The predicted octanol–water partition coefficient (Wildman–Crippen LogP) is 3.77. The van der Waals surface area contributed by atoms with E-state index >= 15 is 0 Å². The fraction of sp³-hybridized carbons (Fsp3) is 0.250. The van der Waals surface area contributed by atoms with Crippen LogP contribution >= 0.6 is 0 Å². The summed E-state index contributed by atoms with van der Waals surface area (Å²) >= 11 is 0. The maximum Gasteiger partial charge on any atom is 0.415 e. The molecule has 25 heavy (non-hydrogen) atoms. The topological polar surface area (TPSA) is 48.0 Å². The Morgan fingerprint density at radius 1 is 1.08 bits per heavy atom. The van der Waals surface area contributed by atoms with Crippen molar-refractivity contribution in [1.29, 1.82) is 0 Å². The fourth-order valence-corrected chi connectivity index (χ4v) is 3.29. The number of hydrogen-bond acceptors (Lipinski definition) is 4. The molecule has 2 aromatic carbocycles. The number of methoxy groups -OCH3 is 1. The molecule has 0 aromatic heterocycles. The minimum atomic E-state index is -1.41. The maximum absolute atomic E-state index is 12.5. The zero-order chi connectivity index (χ0) is 17.3. The number of nitrogens with zero attached hydrogens (tertiary/aromatic N) is 1. The summed E-state index contributed by atoms with van der Waals surface area (Å²) in [6.07, 6.45) is 2.15. The highest BCUT2D eigenvalue weighted by Crippen LogP contribution is 2.42. The van der Waals surface area contributed by atoms with Crippen molar-refractivity contribution < 1.29 is 19.0 Å². The van der Waals surface area contributed by atoms with Crippen molar-refractivity contribution in [2.75, 3.05) is 7.11 Å². The first-order valence-electron chi connectivity index (χ1n) is 8.25. The molecule has 2 unspecified atom stereocenters. The van der Waals surface area contributed by atoms with Gasteiger partial charge in [0.1, 0.15) is 11.8 Å². The van der Waals surface area contributed by atoms with Gasteiger partial charge in [-0.3, -0.25) is 4.90 Å². The van der Waals surface area contributed by atoms with Crippen LogP contribution in [0.3, 0.4) is 0 Å². The van der Waals surface area contributed by atoms with Crippen LogP contribution in [0.5, 0.6) is 0 Å². The molecule has 2 heterocycles. The summed E-state index contributed by atoms with van der Waals surface area (Å²) in [4.78, 5) is 14.1. The lowest BCUT2D eigenvalue weighted by atomic mass is 10.0. The van der Waals surface area contributed by atoms with Crippen LogP contribution in [0.4, 0.5) is 4.79 Å². The summed E-state index contributed by atoms with van der Waals surface area (Å²) in [7, 11) is 1.50. The van der Waals surface area contributed by atoms with Gasteiger partial charge in [-0.05, 0) is 11.6 Å². The third kappa shape index (κ3) is 2.76. The highest BCUT2D eigenvalue weighted by molar-refractivity contribution is 5.72. The summed E-state index contributed by atoms with van der Waals surface area (Å²) < 4.78 is 17.1. The highest BCUT2D eigenvalue weighted by atomic mass is 16.9. The Morgan fingerprint density at radius 3 is 2.44 bits per heavy atom. The minimum absolute atomic E-state index is 0.335. The monoisotopic (exact) mass is 337 g/mol. The molecule has 0 bridgehead atoms. The molecule has 2 aliphatic heterocycles. The molecule has 4 rings (SSSR count). The summed E-state index contributed by atoms with van der Waals surface area (Å²) in [6, 6.07) is 19.2. The van der Waals surface area contributed by atoms with E-state index in [1.165, 1.54) is 7.11 Å². The van der Waals surface area contributed by atoms with Gasteiger partial charge in [0.2, 0.25) is 0 Å². The Bertz CT molecular complexity index is 790. The molecule has 2 atom stereocenters. The van der Waals surface area contributed by atoms with Crippen molar-refractivity contribution in [3.8, 4) is 0 Å². The van der Waals surface area contributed by atoms with E-state index < -0.39 is 12.1 Å². The molecule has 0 spiro atoms. The molecule has 0 N–H and O–H groups in total. The second-order valence-corrected chi connectivity index (χ2v) is 6.08. The third-order valence-corrected chi connectivity index (χ3v) is 4.57. The van der Waals surface area contributed by atoms with E-state index in [4.69, 9.17) is 14.2 Å². The molecular formula is C20H19NO4. The average Bonchev–Trinajstić information content (AvgIpc) is 2.95. The normalized spacial score (nSPS) is 25.0. The van der Waals surface area contributed by atoms with Gasteiger partial charge >= 0.3 is 12.1 Å². The Labute approximate surface area is 146 Å². The van der Waals surface area contributed by atoms with Crippen LogP contribution in [0.1, 0.15) is 17.5 Å². The number of benzene rings is 2. The van der Waals surface area contributed by atoms with Crippen LogP contribution in [-0.4, -0.2) is 30.1 Å². The predicted molar refractivity (Wildman–Crippen MR) is 92.1 cm³/mol.